The Balaban J connectivity index is 1.37. The Kier molecular flexibility index (Phi) is 7.28. The van der Waals surface area contributed by atoms with Gasteiger partial charge in [-0.25, -0.2) is 18.0 Å². The summed E-state index contributed by atoms with van der Waals surface area (Å²) in [6.45, 7) is 0.506. The first-order valence-corrected chi connectivity index (χ1v) is 14.2. The third kappa shape index (κ3) is 5.04. The zero-order chi connectivity index (χ0) is 29.5. The summed E-state index contributed by atoms with van der Waals surface area (Å²) in [6, 6.07) is 12.2. The highest BCUT2D eigenvalue weighted by Crippen LogP contribution is 2.46. The lowest BCUT2D eigenvalue weighted by atomic mass is 9.93. The van der Waals surface area contributed by atoms with Gasteiger partial charge in [-0.15, -0.1) is 11.3 Å². The molecule has 11 heteroatoms. The average Bonchev–Trinajstić information content (AvgIpc) is 3.71. The molecule has 4 heterocycles. The minimum Gasteiger partial charge on any atom is -0.478 e. The van der Waals surface area contributed by atoms with Crippen molar-refractivity contribution in [3.05, 3.63) is 111 Å². The van der Waals surface area contributed by atoms with Gasteiger partial charge in [0, 0.05) is 23.5 Å². The van der Waals surface area contributed by atoms with Crippen molar-refractivity contribution in [3.63, 3.8) is 0 Å². The van der Waals surface area contributed by atoms with Gasteiger partial charge >= 0.3 is 5.97 Å². The number of amides is 2. The summed E-state index contributed by atoms with van der Waals surface area (Å²) in [4.78, 5) is 46.4. The van der Waals surface area contributed by atoms with Crippen LogP contribution in [-0.4, -0.2) is 39.3 Å². The lowest BCUT2D eigenvalue weighted by Gasteiger charge is -2.15. The van der Waals surface area contributed by atoms with Crippen LogP contribution in [0.2, 0.25) is 0 Å². The maximum Gasteiger partial charge on any atom is 0.338 e. The second-order valence-electron chi connectivity index (χ2n) is 10.3. The van der Waals surface area contributed by atoms with Crippen molar-refractivity contribution in [2.75, 3.05) is 6.54 Å². The van der Waals surface area contributed by atoms with Gasteiger partial charge in [-0.05, 0) is 73.2 Å². The molecule has 2 aliphatic rings. The van der Waals surface area contributed by atoms with E-state index in [2.05, 4.69) is 5.32 Å². The van der Waals surface area contributed by atoms with Gasteiger partial charge in [0.25, 0.3) is 11.8 Å². The van der Waals surface area contributed by atoms with E-state index in [0.29, 0.717) is 34.8 Å². The molecule has 2 aromatic heterocycles. The summed E-state index contributed by atoms with van der Waals surface area (Å²) in [6.07, 6.45) is 2.20. The lowest BCUT2D eigenvalue weighted by molar-refractivity contribution is 0.0695. The van der Waals surface area contributed by atoms with Gasteiger partial charge in [0.2, 0.25) is 0 Å². The summed E-state index contributed by atoms with van der Waals surface area (Å²) in [5.74, 6) is -4.38. The minimum absolute atomic E-state index is 0.0447. The average molecular weight is 592 g/mol. The largest absolute Gasteiger partial charge is 0.478 e. The van der Waals surface area contributed by atoms with Gasteiger partial charge in [-0.2, -0.15) is 0 Å². The van der Waals surface area contributed by atoms with Crippen molar-refractivity contribution in [2.45, 2.75) is 38.3 Å². The number of nitrogens with one attached hydrogen (secondary N) is 1. The third-order valence-corrected chi connectivity index (χ3v) is 8.74. The molecule has 42 heavy (non-hydrogen) atoms. The molecule has 2 amide bonds. The fourth-order valence-electron chi connectivity index (χ4n) is 5.63. The zero-order valence-electron chi connectivity index (χ0n) is 22.1. The number of halogens is 3. The number of aryl methyl sites for hydroxylation is 2. The second kappa shape index (κ2) is 11.1. The molecule has 0 spiro atoms. The third-order valence-electron chi connectivity index (χ3n) is 7.63. The van der Waals surface area contributed by atoms with E-state index in [0.717, 1.165) is 41.9 Å². The van der Waals surface area contributed by atoms with E-state index < -0.39 is 23.5 Å². The van der Waals surface area contributed by atoms with Crippen LogP contribution in [0.4, 0.5) is 13.2 Å². The predicted octanol–water partition coefficient (Wildman–Crippen LogP) is 5.93. The van der Waals surface area contributed by atoms with E-state index >= 15 is 0 Å². The standard InChI is InChI=1S/C31H24F3N3O4S/c32-18-7-3-16(4-8-18)6-10-21-25(31(40)41)26(27-28(36-21)22-2-1-13-37(22)30(27)39)23-11-12-24(42-23)29(38)35-15-17-5-9-19(33)20(34)14-17/h3-5,7-9,11-12,14,22H,1-2,6,10,13,15H2,(H,35,38)(H,40,41)/t22-/m0/s1. The number of pyridine rings is 1. The summed E-state index contributed by atoms with van der Waals surface area (Å²) < 4.78 is 40.2. The Morgan fingerprint density at radius 3 is 2.48 bits per heavy atom. The van der Waals surface area contributed by atoms with Crippen LogP contribution in [0.3, 0.4) is 0 Å². The molecular formula is C31H24F3N3O4S. The van der Waals surface area contributed by atoms with Crippen molar-refractivity contribution in [1.82, 2.24) is 15.2 Å². The molecule has 7 nitrogen and oxygen atoms in total. The monoisotopic (exact) mass is 591 g/mol. The van der Waals surface area contributed by atoms with Crippen LogP contribution >= 0.6 is 11.3 Å². The highest BCUT2D eigenvalue weighted by molar-refractivity contribution is 7.17. The minimum atomic E-state index is -1.24. The Morgan fingerprint density at radius 2 is 1.74 bits per heavy atom. The number of aromatic nitrogens is 1. The van der Waals surface area contributed by atoms with Gasteiger partial charge < -0.3 is 15.3 Å². The van der Waals surface area contributed by atoms with Crippen molar-refractivity contribution >= 4 is 29.1 Å². The molecule has 2 N–H and O–H groups in total. The van der Waals surface area contributed by atoms with Crippen LogP contribution in [0.1, 0.15) is 71.8 Å². The van der Waals surface area contributed by atoms with Crippen molar-refractivity contribution in [1.29, 1.82) is 0 Å². The van der Waals surface area contributed by atoms with Crippen LogP contribution in [0.15, 0.2) is 54.6 Å². The molecule has 1 saturated heterocycles. The Morgan fingerprint density at radius 1 is 0.976 bits per heavy atom. The molecule has 1 fully saturated rings. The summed E-state index contributed by atoms with van der Waals surface area (Å²) >= 11 is 1.04. The predicted molar refractivity (Wildman–Crippen MR) is 149 cm³/mol. The maximum atomic E-state index is 13.6. The Bertz CT molecular complexity index is 1740. The fraction of sp³-hybridized carbons (Fsp3) is 0.226. The van der Waals surface area contributed by atoms with E-state index in [1.54, 1.807) is 23.1 Å². The van der Waals surface area contributed by atoms with E-state index in [4.69, 9.17) is 4.98 Å². The first-order valence-electron chi connectivity index (χ1n) is 13.4. The number of fused-ring (bicyclic) bond motifs is 3. The van der Waals surface area contributed by atoms with Gasteiger partial charge in [-0.3, -0.25) is 14.6 Å². The summed E-state index contributed by atoms with van der Waals surface area (Å²) in [5, 5.41) is 13.0. The topological polar surface area (TPSA) is 99.6 Å². The van der Waals surface area contributed by atoms with Crippen LogP contribution in [-0.2, 0) is 19.4 Å². The van der Waals surface area contributed by atoms with Gasteiger partial charge in [0.15, 0.2) is 11.6 Å². The highest BCUT2D eigenvalue weighted by Gasteiger charge is 2.44. The number of carbonyl (C=O) groups excluding carboxylic acids is 2. The first kappa shape index (κ1) is 27.6. The normalized spacial score (nSPS) is 15.5. The van der Waals surface area contributed by atoms with Gasteiger partial charge in [-0.1, -0.05) is 18.2 Å². The van der Waals surface area contributed by atoms with E-state index in [1.165, 1.54) is 24.3 Å². The quantitative estimate of drug-likeness (QED) is 0.265. The zero-order valence-corrected chi connectivity index (χ0v) is 22.9. The number of carbonyl (C=O) groups is 3. The molecule has 0 radical (unpaired) electrons. The van der Waals surface area contributed by atoms with Gasteiger partial charge in [0.1, 0.15) is 5.82 Å². The lowest BCUT2D eigenvalue weighted by Crippen LogP contribution is -2.23. The summed E-state index contributed by atoms with van der Waals surface area (Å²) in [5.41, 5.74) is 2.44. The van der Waals surface area contributed by atoms with Crippen LogP contribution < -0.4 is 5.32 Å². The van der Waals surface area contributed by atoms with Crippen LogP contribution in [0, 0.1) is 17.5 Å². The number of hydrogen-bond donors (Lipinski definition) is 2. The van der Waals surface area contributed by atoms with Crippen molar-refractivity contribution in [3.8, 4) is 10.4 Å². The molecular weight excluding hydrogens is 567 g/mol. The molecule has 2 aromatic carbocycles. The smallest absolute Gasteiger partial charge is 0.338 e. The van der Waals surface area contributed by atoms with Gasteiger partial charge in [0.05, 0.1) is 33.4 Å². The first-order chi connectivity index (χ1) is 20.2. The number of rotatable bonds is 8. The number of benzene rings is 2. The molecule has 0 unspecified atom stereocenters. The van der Waals surface area contributed by atoms with Crippen molar-refractivity contribution in [2.24, 2.45) is 0 Å². The fourth-order valence-corrected chi connectivity index (χ4v) is 6.61. The van der Waals surface area contributed by atoms with Crippen LogP contribution in [0.25, 0.3) is 10.4 Å². The number of carboxylic acid groups (broad SMARTS) is 1. The second-order valence-corrected chi connectivity index (χ2v) is 11.3. The Labute approximate surface area is 242 Å². The number of hydrogen-bond acceptors (Lipinski definition) is 5. The molecule has 2 aliphatic heterocycles. The molecule has 0 aliphatic carbocycles. The molecule has 1 atom stereocenters. The molecule has 214 valence electrons. The Hall–Kier alpha value is -4.51. The highest BCUT2D eigenvalue weighted by atomic mass is 32.1. The number of thiophene rings is 1. The molecule has 0 saturated carbocycles. The summed E-state index contributed by atoms with van der Waals surface area (Å²) in [7, 11) is 0. The van der Waals surface area contributed by atoms with E-state index in [9.17, 15) is 32.7 Å². The maximum absolute atomic E-state index is 13.6. The number of aromatic carboxylic acids is 1. The van der Waals surface area contributed by atoms with E-state index in [1.807, 2.05) is 0 Å². The molecule has 0 bridgehead atoms. The number of nitrogens with zero attached hydrogens (tertiary/aromatic N) is 2. The SMILES string of the molecule is O=C(NCc1ccc(F)c(F)c1)c1ccc(-c2c(C(=O)O)c(CCc3ccc(F)cc3)nc3c2C(=O)N2CCC[C@@H]32)s1. The van der Waals surface area contributed by atoms with E-state index in [-0.39, 0.29) is 52.3 Å². The van der Waals surface area contributed by atoms with Crippen molar-refractivity contribution < 1.29 is 32.7 Å². The number of carboxylic acids is 1. The molecule has 4 aromatic rings. The molecule has 6 rings (SSSR count). The van der Waals surface area contributed by atoms with Crippen LogP contribution in [0.5, 0.6) is 0 Å².